The highest BCUT2D eigenvalue weighted by Gasteiger charge is 1.96. The number of carbonyl (C=O) groups is 2. The van der Waals surface area contributed by atoms with Crippen molar-refractivity contribution in [2.24, 2.45) is 0 Å². The second-order valence-electron chi connectivity index (χ2n) is 5.31. The van der Waals surface area contributed by atoms with E-state index in [1.165, 1.54) is 7.11 Å². The van der Waals surface area contributed by atoms with Gasteiger partial charge in [0.05, 0.1) is 7.11 Å². The van der Waals surface area contributed by atoms with Crippen molar-refractivity contribution in [3.63, 3.8) is 0 Å². The Morgan fingerprint density at radius 2 is 1.17 bits per heavy atom. The second-order valence-corrected chi connectivity index (χ2v) is 5.73. The van der Waals surface area contributed by atoms with Crippen LogP contribution < -0.4 is 0 Å². The first kappa shape index (κ1) is 22.4. The molecule has 0 atom stereocenters. The first-order valence-electron chi connectivity index (χ1n) is 8.52. The van der Waals surface area contributed by atoms with Gasteiger partial charge in [-0.1, -0.05) is 48.6 Å². The lowest BCUT2D eigenvalue weighted by molar-refractivity contribution is -0.140. The topological polar surface area (TPSA) is 43.4 Å². The second kappa shape index (κ2) is 17.7. The number of esters is 1. The van der Waals surface area contributed by atoms with E-state index in [2.05, 4.69) is 53.3 Å². The fourth-order valence-electron chi connectivity index (χ4n) is 1.87. The van der Waals surface area contributed by atoms with Gasteiger partial charge in [-0.25, -0.2) is 0 Å². The van der Waals surface area contributed by atoms with E-state index in [1.807, 2.05) is 0 Å². The summed E-state index contributed by atoms with van der Waals surface area (Å²) in [5, 5.41) is -0.258. The molecule has 0 aromatic rings. The van der Waals surface area contributed by atoms with E-state index in [0.29, 0.717) is 12.8 Å². The van der Waals surface area contributed by atoms with Crippen LogP contribution in [-0.4, -0.2) is 18.3 Å². The molecule has 0 spiro atoms. The molecule has 0 saturated carbocycles. The molecule has 0 radical (unpaired) electrons. The Labute approximate surface area is 151 Å². The van der Waals surface area contributed by atoms with Crippen molar-refractivity contribution in [2.45, 2.75) is 57.8 Å². The largest absolute Gasteiger partial charge is 0.469 e. The van der Waals surface area contributed by atoms with Gasteiger partial charge in [0, 0.05) is 12.8 Å². The summed E-state index contributed by atoms with van der Waals surface area (Å²) in [5.74, 6) is -0.143. The van der Waals surface area contributed by atoms with E-state index in [9.17, 15) is 9.59 Å². The van der Waals surface area contributed by atoms with Gasteiger partial charge in [-0.3, -0.25) is 9.59 Å². The maximum atomic E-state index is 10.9. The number of hydrogen-bond acceptors (Lipinski definition) is 3. The van der Waals surface area contributed by atoms with Gasteiger partial charge in [-0.2, -0.15) is 0 Å². The predicted octanol–water partition coefficient (Wildman–Crippen LogP) is 5.66. The minimum atomic E-state index is -0.258. The summed E-state index contributed by atoms with van der Waals surface area (Å²) in [7, 11) is 1.42. The van der Waals surface area contributed by atoms with Crippen LogP contribution in [0.4, 0.5) is 0 Å². The smallest absolute Gasteiger partial charge is 0.305 e. The number of methoxy groups -OCH3 is 1. The molecule has 134 valence electrons. The van der Waals surface area contributed by atoms with E-state index < -0.39 is 0 Å². The van der Waals surface area contributed by atoms with Gasteiger partial charge in [0.2, 0.25) is 5.24 Å². The van der Waals surface area contributed by atoms with Crippen LogP contribution in [0.25, 0.3) is 0 Å². The van der Waals surface area contributed by atoms with Gasteiger partial charge in [0.15, 0.2) is 0 Å². The third-order valence-electron chi connectivity index (χ3n) is 3.21. The average Bonchev–Trinajstić information content (AvgIpc) is 2.57. The normalized spacial score (nSPS) is 12.1. The lowest BCUT2D eigenvalue weighted by Crippen LogP contribution is -1.98. The van der Waals surface area contributed by atoms with Crippen molar-refractivity contribution in [2.75, 3.05) is 7.11 Å². The van der Waals surface area contributed by atoms with Gasteiger partial charge >= 0.3 is 5.97 Å². The summed E-state index contributed by atoms with van der Waals surface area (Å²) >= 11 is 5.26. The summed E-state index contributed by atoms with van der Waals surface area (Å²) in [6.45, 7) is 0. The fourth-order valence-corrected chi connectivity index (χ4v) is 2.01. The molecule has 24 heavy (non-hydrogen) atoms. The van der Waals surface area contributed by atoms with Crippen molar-refractivity contribution in [1.29, 1.82) is 0 Å². The lowest BCUT2D eigenvalue weighted by Gasteiger charge is -1.95. The predicted molar refractivity (Wildman–Crippen MR) is 101 cm³/mol. The van der Waals surface area contributed by atoms with E-state index in [4.69, 9.17) is 11.6 Å². The number of hydrogen-bond donors (Lipinski definition) is 0. The van der Waals surface area contributed by atoms with Crippen molar-refractivity contribution >= 4 is 22.8 Å². The van der Waals surface area contributed by atoms with Crippen LogP contribution in [0, 0.1) is 0 Å². The van der Waals surface area contributed by atoms with Crippen molar-refractivity contribution in [1.82, 2.24) is 0 Å². The van der Waals surface area contributed by atoms with Crippen LogP contribution in [-0.2, 0) is 14.3 Å². The Hall–Kier alpha value is -1.61. The summed E-state index contributed by atoms with van der Waals surface area (Å²) in [5.41, 5.74) is 0. The maximum absolute atomic E-state index is 10.9. The molecule has 0 aliphatic heterocycles. The minimum Gasteiger partial charge on any atom is -0.469 e. The van der Waals surface area contributed by atoms with E-state index in [-0.39, 0.29) is 11.2 Å². The zero-order valence-electron chi connectivity index (χ0n) is 14.6. The number of unbranched alkanes of at least 4 members (excludes halogenated alkanes) is 2. The number of carbonyl (C=O) groups excluding carboxylic acids is 2. The molecule has 0 fully saturated rings. The zero-order chi connectivity index (χ0) is 17.9. The Morgan fingerprint density at radius 1 is 0.750 bits per heavy atom. The molecular weight excluding hydrogens is 324 g/mol. The SMILES string of the molecule is COC(=O)CCC/C=C\C/C=C\C/C=C\C/C=C\CCCC(=O)Cl. The number of allylic oxidation sites excluding steroid dienone is 8. The molecule has 0 N–H and O–H groups in total. The lowest BCUT2D eigenvalue weighted by atomic mass is 10.2. The number of halogens is 1. The highest BCUT2D eigenvalue weighted by molar-refractivity contribution is 6.63. The average molecular weight is 353 g/mol. The van der Waals surface area contributed by atoms with Crippen molar-refractivity contribution in [3.05, 3.63) is 48.6 Å². The van der Waals surface area contributed by atoms with Crippen LogP contribution >= 0.6 is 11.6 Å². The molecule has 0 saturated heterocycles. The molecule has 0 bridgehead atoms. The van der Waals surface area contributed by atoms with Crippen LogP contribution in [0.2, 0.25) is 0 Å². The molecular formula is C20H29ClO3. The van der Waals surface area contributed by atoms with Crippen LogP contribution in [0.3, 0.4) is 0 Å². The first-order chi connectivity index (χ1) is 11.7. The monoisotopic (exact) mass is 352 g/mol. The van der Waals surface area contributed by atoms with Gasteiger partial charge in [-0.15, -0.1) is 0 Å². The zero-order valence-corrected chi connectivity index (χ0v) is 15.3. The third-order valence-corrected chi connectivity index (χ3v) is 3.40. The molecule has 0 amide bonds. The highest BCUT2D eigenvalue weighted by atomic mass is 35.5. The quantitative estimate of drug-likeness (QED) is 0.175. The Kier molecular flexibility index (Phi) is 16.5. The first-order valence-corrected chi connectivity index (χ1v) is 8.89. The fraction of sp³-hybridized carbons (Fsp3) is 0.500. The summed E-state index contributed by atoms with van der Waals surface area (Å²) in [6.07, 6.45) is 24.2. The van der Waals surface area contributed by atoms with Gasteiger partial charge in [0.1, 0.15) is 0 Å². The van der Waals surface area contributed by atoms with E-state index in [1.54, 1.807) is 0 Å². The molecule has 0 aromatic carbocycles. The number of ether oxygens (including phenoxy) is 1. The molecule has 4 heteroatoms. The Balaban J connectivity index is 3.46. The molecule has 0 unspecified atom stereocenters. The molecule has 3 nitrogen and oxygen atoms in total. The van der Waals surface area contributed by atoms with Gasteiger partial charge in [0.25, 0.3) is 0 Å². The minimum absolute atomic E-state index is 0.143. The molecule has 0 heterocycles. The van der Waals surface area contributed by atoms with Gasteiger partial charge < -0.3 is 4.74 Å². The summed E-state index contributed by atoms with van der Waals surface area (Å²) < 4.78 is 4.58. The molecule has 0 aromatic heterocycles. The van der Waals surface area contributed by atoms with E-state index >= 15 is 0 Å². The third kappa shape index (κ3) is 18.4. The van der Waals surface area contributed by atoms with Crippen molar-refractivity contribution < 1.29 is 14.3 Å². The molecule has 0 aliphatic carbocycles. The van der Waals surface area contributed by atoms with Gasteiger partial charge in [-0.05, 0) is 56.5 Å². The van der Waals surface area contributed by atoms with Crippen LogP contribution in [0.5, 0.6) is 0 Å². The number of rotatable bonds is 14. The van der Waals surface area contributed by atoms with Crippen molar-refractivity contribution in [3.8, 4) is 0 Å². The summed E-state index contributed by atoms with van der Waals surface area (Å²) in [6, 6.07) is 0. The van der Waals surface area contributed by atoms with E-state index in [0.717, 1.165) is 44.9 Å². The molecule has 0 aliphatic rings. The summed E-state index contributed by atoms with van der Waals surface area (Å²) in [4.78, 5) is 21.4. The Morgan fingerprint density at radius 3 is 1.58 bits per heavy atom. The highest BCUT2D eigenvalue weighted by Crippen LogP contribution is 2.02. The van der Waals surface area contributed by atoms with Crippen LogP contribution in [0.1, 0.15) is 57.8 Å². The standard InChI is InChI=1S/C20H29ClO3/c1-24-20(23)18-16-14-12-10-8-6-4-2-3-5-7-9-11-13-15-17-19(21)22/h3-6,9-12H,2,7-8,13-18H2,1H3/b5-3-,6-4-,11-9-,12-10-. The maximum Gasteiger partial charge on any atom is 0.305 e. The Bertz CT molecular complexity index is 448. The van der Waals surface area contributed by atoms with Crippen LogP contribution in [0.15, 0.2) is 48.6 Å². The molecule has 0 rings (SSSR count).